The van der Waals surface area contributed by atoms with Crippen molar-refractivity contribution in [1.82, 2.24) is 9.80 Å². The standard InChI is InChI=1S/C8H18N.C7H16N.C3H7.In/c1-4-7-9(6-3)8-5-2;1-4-6-8(3)7-5-2;1-3-2;/h1,4-8H2,2-3H3;1,4-7H2,2-3H3;3H,1-2H3;. The van der Waals surface area contributed by atoms with Gasteiger partial charge in [0.15, 0.2) is 0 Å². The van der Waals surface area contributed by atoms with Gasteiger partial charge in [0.1, 0.15) is 0 Å². The molecule has 0 heterocycles. The van der Waals surface area contributed by atoms with E-state index in [2.05, 4.69) is 51.5 Å². The molecule has 2 nitrogen and oxygen atoms in total. The summed E-state index contributed by atoms with van der Waals surface area (Å²) in [7, 11) is 2.28. The molecule has 0 saturated heterocycles. The first-order valence-corrected chi connectivity index (χ1v) is 16.0. The van der Waals surface area contributed by atoms with Crippen LogP contribution < -0.4 is 0 Å². The van der Waals surface area contributed by atoms with Gasteiger partial charge in [0, 0.05) is 0 Å². The molecule has 3 heteroatoms. The molecule has 0 bridgehead atoms. The Bertz CT molecular complexity index is 221. The fraction of sp³-hybridized carbons (Fsp3) is 1.00. The average molecular weight is 400 g/mol. The Labute approximate surface area is 143 Å². The van der Waals surface area contributed by atoms with Crippen LogP contribution >= 0.6 is 0 Å². The number of hydrogen-bond donors (Lipinski definition) is 0. The zero-order chi connectivity index (χ0) is 16.1. The molecule has 0 unspecified atom stereocenters. The van der Waals surface area contributed by atoms with Gasteiger partial charge in [0.2, 0.25) is 0 Å². The molecular weight excluding hydrogens is 359 g/mol. The maximum atomic E-state index is 2.64. The van der Waals surface area contributed by atoms with Crippen LogP contribution in [0.2, 0.25) is 12.0 Å². The molecule has 0 aromatic heterocycles. The van der Waals surface area contributed by atoms with Crippen molar-refractivity contribution in [2.75, 3.05) is 39.8 Å². The fourth-order valence-corrected chi connectivity index (χ4v) is 11.9. The molecule has 21 heavy (non-hydrogen) atoms. The molecule has 0 aliphatic carbocycles. The molecule has 0 N–H and O–H groups in total. The van der Waals surface area contributed by atoms with Crippen molar-refractivity contribution in [1.29, 1.82) is 0 Å². The van der Waals surface area contributed by atoms with Crippen molar-refractivity contribution in [2.45, 2.75) is 72.3 Å². The van der Waals surface area contributed by atoms with E-state index in [9.17, 15) is 0 Å². The fourth-order valence-electron chi connectivity index (χ4n) is 3.25. The minimum atomic E-state index is -1.27. The molecule has 0 aliphatic heterocycles. The van der Waals surface area contributed by atoms with Gasteiger partial charge in [0.25, 0.3) is 0 Å². The molecule has 0 rings (SSSR count). The summed E-state index contributed by atoms with van der Waals surface area (Å²) in [6.07, 6.45) is 5.52. The first-order chi connectivity index (χ1) is 10.0. The summed E-state index contributed by atoms with van der Waals surface area (Å²) in [4.78, 5) is 5.15. The minimum absolute atomic E-state index is 1.05. The second-order valence-corrected chi connectivity index (χ2v) is 18.5. The Kier molecular flexibility index (Phi) is 14.9. The van der Waals surface area contributed by atoms with E-state index in [1.165, 1.54) is 58.4 Å². The normalized spacial score (nSPS) is 11.9. The molecule has 0 aromatic rings. The Morgan fingerprint density at radius 3 is 1.86 bits per heavy atom. The van der Waals surface area contributed by atoms with Crippen molar-refractivity contribution in [3.8, 4) is 0 Å². The van der Waals surface area contributed by atoms with Crippen LogP contribution in [0.3, 0.4) is 0 Å². The average Bonchev–Trinajstić information content (AvgIpc) is 2.44. The van der Waals surface area contributed by atoms with Crippen LogP contribution in [0.1, 0.15) is 60.3 Å². The molecule has 0 amide bonds. The van der Waals surface area contributed by atoms with Gasteiger partial charge in [-0.3, -0.25) is 0 Å². The number of rotatable bonds is 14. The van der Waals surface area contributed by atoms with Crippen molar-refractivity contribution >= 4 is 21.4 Å². The summed E-state index contributed by atoms with van der Waals surface area (Å²) >= 11 is -1.27. The Morgan fingerprint density at radius 1 is 0.810 bits per heavy atom. The van der Waals surface area contributed by atoms with E-state index in [-0.39, 0.29) is 0 Å². The van der Waals surface area contributed by atoms with E-state index in [1.54, 1.807) is 8.35 Å². The molecular formula is C18H41InN2. The van der Waals surface area contributed by atoms with E-state index < -0.39 is 21.4 Å². The summed E-state index contributed by atoms with van der Waals surface area (Å²) < 4.78 is 4.29. The molecule has 0 saturated carbocycles. The molecule has 0 aromatic carbocycles. The van der Waals surface area contributed by atoms with Crippen LogP contribution in [0.5, 0.6) is 0 Å². The summed E-state index contributed by atoms with van der Waals surface area (Å²) in [5.74, 6) is 0. The van der Waals surface area contributed by atoms with E-state index in [4.69, 9.17) is 0 Å². The van der Waals surface area contributed by atoms with Gasteiger partial charge < -0.3 is 0 Å². The molecule has 126 valence electrons. The zero-order valence-corrected chi connectivity index (χ0v) is 19.1. The molecule has 0 spiro atoms. The summed E-state index contributed by atoms with van der Waals surface area (Å²) in [5.41, 5.74) is 0. The van der Waals surface area contributed by atoms with Crippen LogP contribution in [0.15, 0.2) is 0 Å². The first-order valence-electron chi connectivity index (χ1n) is 9.45. The van der Waals surface area contributed by atoms with E-state index >= 15 is 0 Å². The second-order valence-electron chi connectivity index (χ2n) is 7.03. The Balaban J connectivity index is 3.91. The van der Waals surface area contributed by atoms with E-state index in [0.717, 1.165) is 3.67 Å². The molecule has 0 radical (unpaired) electrons. The van der Waals surface area contributed by atoms with Gasteiger partial charge in [-0.05, 0) is 0 Å². The Hall–Kier alpha value is 0.790. The molecule has 0 aliphatic rings. The van der Waals surface area contributed by atoms with Gasteiger partial charge in [0.05, 0.1) is 0 Å². The van der Waals surface area contributed by atoms with Gasteiger partial charge >= 0.3 is 143 Å². The monoisotopic (exact) mass is 400 g/mol. The third kappa shape index (κ3) is 11.9. The van der Waals surface area contributed by atoms with Crippen LogP contribution in [0.4, 0.5) is 0 Å². The SMILES string of the molecule is CCCN(C)CC[CH2][In]([CH2]CCN(CC)CCC)[CH](C)C. The Morgan fingerprint density at radius 2 is 1.38 bits per heavy atom. The van der Waals surface area contributed by atoms with E-state index in [1.807, 2.05) is 0 Å². The van der Waals surface area contributed by atoms with Crippen molar-refractivity contribution in [3.05, 3.63) is 0 Å². The predicted octanol–water partition coefficient (Wildman–Crippen LogP) is 4.75. The summed E-state index contributed by atoms with van der Waals surface area (Å²) in [6, 6.07) is 0. The quantitative estimate of drug-likeness (QED) is 0.415. The third-order valence-corrected chi connectivity index (χ3v) is 16.6. The summed E-state index contributed by atoms with van der Waals surface area (Å²) in [5, 5.41) is 0. The summed E-state index contributed by atoms with van der Waals surface area (Å²) in [6.45, 7) is 18.4. The molecule has 0 fully saturated rings. The third-order valence-electron chi connectivity index (χ3n) is 4.70. The first kappa shape index (κ1) is 21.8. The van der Waals surface area contributed by atoms with Gasteiger partial charge in [-0.1, -0.05) is 0 Å². The molecule has 0 atom stereocenters. The van der Waals surface area contributed by atoms with Crippen molar-refractivity contribution in [2.24, 2.45) is 0 Å². The van der Waals surface area contributed by atoms with Crippen LogP contribution in [0, 0.1) is 0 Å². The van der Waals surface area contributed by atoms with Crippen LogP contribution in [-0.2, 0) is 0 Å². The second kappa shape index (κ2) is 14.4. The topological polar surface area (TPSA) is 6.48 Å². The zero-order valence-electron chi connectivity index (χ0n) is 15.8. The predicted molar refractivity (Wildman–Crippen MR) is 99.9 cm³/mol. The van der Waals surface area contributed by atoms with Gasteiger partial charge in [-0.2, -0.15) is 0 Å². The van der Waals surface area contributed by atoms with Crippen molar-refractivity contribution in [3.63, 3.8) is 0 Å². The van der Waals surface area contributed by atoms with E-state index in [0.29, 0.717) is 0 Å². The number of hydrogen-bond acceptors (Lipinski definition) is 2. The van der Waals surface area contributed by atoms with Gasteiger partial charge in [-0.15, -0.1) is 0 Å². The maximum absolute atomic E-state index is 2.64. The van der Waals surface area contributed by atoms with Crippen LogP contribution in [0.25, 0.3) is 0 Å². The van der Waals surface area contributed by atoms with Crippen LogP contribution in [-0.4, -0.2) is 71.0 Å². The van der Waals surface area contributed by atoms with Crippen molar-refractivity contribution < 1.29 is 0 Å². The van der Waals surface area contributed by atoms with Gasteiger partial charge in [-0.25, -0.2) is 0 Å². The number of nitrogens with zero attached hydrogens (tertiary/aromatic N) is 2.